The highest BCUT2D eigenvalue weighted by atomic mass is 16.5. The molecule has 0 unspecified atom stereocenters. The van der Waals surface area contributed by atoms with Crippen LogP contribution in [0.4, 0.5) is 5.69 Å². The molecule has 1 rings (SSSR count). The van der Waals surface area contributed by atoms with E-state index in [4.69, 9.17) is 4.74 Å². The smallest absolute Gasteiger partial charge is 0.239 e. The first-order valence-electron chi connectivity index (χ1n) is 7.43. The van der Waals surface area contributed by atoms with Crippen molar-refractivity contribution < 1.29 is 14.3 Å². The van der Waals surface area contributed by atoms with Gasteiger partial charge in [0, 0.05) is 11.2 Å². The Morgan fingerprint density at radius 1 is 1.00 bits per heavy atom. The molecule has 0 spiro atoms. The molecule has 1 aromatic carbocycles. The summed E-state index contributed by atoms with van der Waals surface area (Å²) in [4.78, 5) is 24.6. The third-order valence-corrected chi connectivity index (χ3v) is 3.05. The van der Waals surface area contributed by atoms with Gasteiger partial charge in [0.25, 0.3) is 0 Å². The van der Waals surface area contributed by atoms with Crippen LogP contribution in [0.3, 0.4) is 0 Å². The number of carbonyl (C=O) groups is 2. The molecule has 22 heavy (non-hydrogen) atoms. The van der Waals surface area contributed by atoms with Crippen molar-refractivity contribution >= 4 is 17.5 Å². The second-order valence-corrected chi connectivity index (χ2v) is 6.74. The maximum absolute atomic E-state index is 12.4. The lowest BCUT2D eigenvalue weighted by molar-refractivity contribution is -0.139. The van der Waals surface area contributed by atoms with E-state index in [0.717, 1.165) is 5.75 Å². The van der Waals surface area contributed by atoms with Gasteiger partial charge < -0.3 is 15.4 Å². The van der Waals surface area contributed by atoms with E-state index < -0.39 is 5.41 Å². The number of hydrogen-bond donors (Lipinski definition) is 2. The molecular weight excluding hydrogens is 280 g/mol. The minimum atomic E-state index is -1.16. The van der Waals surface area contributed by atoms with Gasteiger partial charge in [0.05, 0.1) is 6.61 Å². The van der Waals surface area contributed by atoms with E-state index in [1.165, 1.54) is 0 Å². The summed E-state index contributed by atoms with van der Waals surface area (Å²) in [5.41, 5.74) is -0.912. The molecule has 0 fully saturated rings. The Balaban J connectivity index is 2.75. The highest BCUT2D eigenvalue weighted by Gasteiger charge is 2.37. The number of benzene rings is 1. The van der Waals surface area contributed by atoms with Crippen LogP contribution in [0.25, 0.3) is 0 Å². The van der Waals surface area contributed by atoms with Gasteiger partial charge in [-0.1, -0.05) is 0 Å². The minimum Gasteiger partial charge on any atom is -0.494 e. The normalized spacial score (nSPS) is 11.7. The summed E-state index contributed by atoms with van der Waals surface area (Å²) in [5.74, 6) is 0.0899. The Labute approximate surface area is 132 Å². The Hall–Kier alpha value is -2.04. The zero-order valence-electron chi connectivity index (χ0n) is 14.2. The second kappa shape index (κ2) is 6.81. The highest BCUT2D eigenvalue weighted by molar-refractivity contribution is 6.10. The first-order chi connectivity index (χ1) is 10.1. The summed E-state index contributed by atoms with van der Waals surface area (Å²) < 4.78 is 5.35. The summed E-state index contributed by atoms with van der Waals surface area (Å²) in [6.45, 7) is 11.4. The number of carbonyl (C=O) groups excluding carboxylic acids is 2. The molecule has 0 aliphatic carbocycles. The van der Waals surface area contributed by atoms with Crippen LogP contribution < -0.4 is 15.4 Å². The first-order valence-corrected chi connectivity index (χ1v) is 7.43. The number of hydrogen-bond acceptors (Lipinski definition) is 3. The van der Waals surface area contributed by atoms with E-state index in [-0.39, 0.29) is 17.4 Å². The SMILES string of the molecule is CCOc1ccc(NC(=O)C(C)(C)C(=O)NC(C)(C)C)cc1. The van der Waals surface area contributed by atoms with Crippen molar-refractivity contribution in [2.75, 3.05) is 11.9 Å². The lowest BCUT2D eigenvalue weighted by Gasteiger charge is -2.28. The van der Waals surface area contributed by atoms with Crippen LogP contribution in [0.1, 0.15) is 41.5 Å². The molecule has 0 bridgehead atoms. The van der Waals surface area contributed by atoms with Gasteiger partial charge in [0.2, 0.25) is 11.8 Å². The maximum Gasteiger partial charge on any atom is 0.239 e. The Morgan fingerprint density at radius 2 is 1.55 bits per heavy atom. The van der Waals surface area contributed by atoms with Crippen LogP contribution in [0.15, 0.2) is 24.3 Å². The molecule has 0 aromatic heterocycles. The van der Waals surface area contributed by atoms with Gasteiger partial charge in [-0.2, -0.15) is 0 Å². The molecule has 0 saturated heterocycles. The fourth-order valence-electron chi connectivity index (χ4n) is 1.69. The third-order valence-electron chi connectivity index (χ3n) is 3.05. The molecule has 0 radical (unpaired) electrons. The fraction of sp³-hybridized carbons (Fsp3) is 0.529. The van der Waals surface area contributed by atoms with Crippen molar-refractivity contribution in [3.05, 3.63) is 24.3 Å². The Bertz CT molecular complexity index is 528. The minimum absolute atomic E-state index is 0.302. The topological polar surface area (TPSA) is 67.4 Å². The zero-order valence-corrected chi connectivity index (χ0v) is 14.2. The lowest BCUT2D eigenvalue weighted by Crippen LogP contribution is -2.51. The van der Waals surface area contributed by atoms with Gasteiger partial charge >= 0.3 is 0 Å². The first kappa shape index (κ1) is 18.0. The molecule has 5 heteroatoms. The molecule has 5 nitrogen and oxygen atoms in total. The van der Waals surface area contributed by atoms with Gasteiger partial charge in [-0.05, 0) is 65.8 Å². The molecular formula is C17H26N2O3. The van der Waals surface area contributed by atoms with Crippen LogP contribution >= 0.6 is 0 Å². The van der Waals surface area contributed by atoms with Crippen LogP contribution in [0.5, 0.6) is 5.75 Å². The standard InChI is InChI=1S/C17H26N2O3/c1-7-22-13-10-8-12(9-11-13)18-14(20)17(5,6)15(21)19-16(2,3)4/h8-11H,7H2,1-6H3,(H,18,20)(H,19,21). The van der Waals surface area contributed by atoms with Crippen LogP contribution in [-0.2, 0) is 9.59 Å². The van der Waals surface area contributed by atoms with Crippen molar-refractivity contribution in [3.63, 3.8) is 0 Å². The number of rotatable bonds is 5. The summed E-state index contributed by atoms with van der Waals surface area (Å²) in [6.07, 6.45) is 0. The average Bonchev–Trinajstić information content (AvgIpc) is 2.39. The van der Waals surface area contributed by atoms with Gasteiger partial charge in [-0.25, -0.2) is 0 Å². The molecule has 2 amide bonds. The van der Waals surface area contributed by atoms with Crippen molar-refractivity contribution in [3.8, 4) is 5.75 Å². The molecule has 2 N–H and O–H groups in total. The van der Waals surface area contributed by atoms with Crippen molar-refractivity contribution in [2.45, 2.75) is 47.1 Å². The molecule has 0 heterocycles. The van der Waals surface area contributed by atoms with E-state index in [1.54, 1.807) is 38.1 Å². The van der Waals surface area contributed by atoms with Crippen molar-refractivity contribution in [1.29, 1.82) is 0 Å². The molecule has 122 valence electrons. The van der Waals surface area contributed by atoms with Gasteiger partial charge in [-0.15, -0.1) is 0 Å². The van der Waals surface area contributed by atoms with E-state index in [1.807, 2.05) is 27.7 Å². The average molecular weight is 306 g/mol. The predicted octanol–water partition coefficient (Wildman–Crippen LogP) is 2.96. The van der Waals surface area contributed by atoms with Gasteiger partial charge in [0.15, 0.2) is 0 Å². The summed E-state index contributed by atoms with van der Waals surface area (Å²) in [5, 5.41) is 5.60. The maximum atomic E-state index is 12.4. The summed E-state index contributed by atoms with van der Waals surface area (Å²) in [7, 11) is 0. The third kappa shape index (κ3) is 5.06. The summed E-state index contributed by atoms with van der Waals surface area (Å²) in [6, 6.07) is 7.06. The van der Waals surface area contributed by atoms with Gasteiger partial charge in [0.1, 0.15) is 11.2 Å². The van der Waals surface area contributed by atoms with E-state index in [2.05, 4.69) is 10.6 Å². The highest BCUT2D eigenvalue weighted by Crippen LogP contribution is 2.22. The lowest BCUT2D eigenvalue weighted by atomic mass is 9.89. The Kier molecular flexibility index (Phi) is 5.58. The van der Waals surface area contributed by atoms with Crippen molar-refractivity contribution in [2.24, 2.45) is 5.41 Å². The number of nitrogens with one attached hydrogen (secondary N) is 2. The quantitative estimate of drug-likeness (QED) is 0.822. The summed E-state index contributed by atoms with van der Waals surface area (Å²) >= 11 is 0. The fourth-order valence-corrected chi connectivity index (χ4v) is 1.69. The molecule has 0 saturated carbocycles. The largest absolute Gasteiger partial charge is 0.494 e. The molecule has 0 aliphatic rings. The van der Waals surface area contributed by atoms with Crippen molar-refractivity contribution in [1.82, 2.24) is 5.32 Å². The van der Waals surface area contributed by atoms with Crippen LogP contribution in [0, 0.1) is 5.41 Å². The number of ether oxygens (including phenoxy) is 1. The number of amides is 2. The van der Waals surface area contributed by atoms with Crippen LogP contribution in [0.2, 0.25) is 0 Å². The number of anilines is 1. The van der Waals surface area contributed by atoms with E-state index in [0.29, 0.717) is 12.3 Å². The predicted molar refractivity (Wildman–Crippen MR) is 87.9 cm³/mol. The van der Waals surface area contributed by atoms with E-state index >= 15 is 0 Å². The molecule has 1 aromatic rings. The van der Waals surface area contributed by atoms with Crippen LogP contribution in [-0.4, -0.2) is 24.0 Å². The van der Waals surface area contributed by atoms with E-state index in [9.17, 15) is 9.59 Å². The molecule has 0 atom stereocenters. The molecule has 0 aliphatic heterocycles. The Morgan fingerprint density at radius 3 is 2.00 bits per heavy atom. The van der Waals surface area contributed by atoms with Gasteiger partial charge in [-0.3, -0.25) is 9.59 Å². The zero-order chi connectivity index (χ0) is 17.0. The monoisotopic (exact) mass is 306 g/mol. The second-order valence-electron chi connectivity index (χ2n) is 6.74.